The van der Waals surface area contributed by atoms with Gasteiger partial charge in [0.1, 0.15) is 6.17 Å². The van der Waals surface area contributed by atoms with E-state index in [4.69, 9.17) is 0 Å². The number of rotatable bonds is 7. The number of aliphatic hydroxyl groups is 1. The Hall–Kier alpha value is -2.00. The van der Waals surface area contributed by atoms with Gasteiger partial charge in [-0.25, -0.2) is 9.37 Å². The maximum atomic E-state index is 14.0. The van der Waals surface area contributed by atoms with Crippen LogP contribution in [0.2, 0.25) is 0 Å². The average Bonchev–Trinajstić information content (AvgIpc) is 3.26. The van der Waals surface area contributed by atoms with Crippen LogP contribution in [0, 0.1) is 5.92 Å². The van der Waals surface area contributed by atoms with Crippen molar-refractivity contribution in [2.24, 2.45) is 5.92 Å². The van der Waals surface area contributed by atoms with Crippen LogP contribution in [0.15, 0.2) is 6.33 Å². The minimum atomic E-state index is -0.966. The van der Waals surface area contributed by atoms with Gasteiger partial charge >= 0.3 is 0 Å². The summed E-state index contributed by atoms with van der Waals surface area (Å²) >= 11 is 0. The summed E-state index contributed by atoms with van der Waals surface area (Å²) in [5.41, 5.74) is 1.34. The first-order valence-corrected chi connectivity index (χ1v) is 8.91. The van der Waals surface area contributed by atoms with Crippen molar-refractivity contribution in [3.63, 3.8) is 0 Å². The van der Waals surface area contributed by atoms with Crippen molar-refractivity contribution >= 4 is 22.9 Å². The summed E-state index contributed by atoms with van der Waals surface area (Å²) in [6, 6.07) is -0.389. The third-order valence-corrected chi connectivity index (χ3v) is 4.97. The summed E-state index contributed by atoms with van der Waals surface area (Å²) < 4.78 is 15.9. The topological polar surface area (TPSA) is 99.9 Å². The fraction of sp³-hybridized carbons (Fsp3) is 0.688. The van der Waals surface area contributed by atoms with Gasteiger partial charge in [0.05, 0.1) is 25.0 Å². The van der Waals surface area contributed by atoms with Crippen LogP contribution in [0.1, 0.15) is 19.8 Å². The van der Waals surface area contributed by atoms with Crippen molar-refractivity contribution in [1.82, 2.24) is 24.8 Å². The van der Waals surface area contributed by atoms with Crippen LogP contribution in [-0.2, 0) is 6.54 Å². The maximum Gasteiger partial charge on any atom is 0.227 e. The van der Waals surface area contributed by atoms with Gasteiger partial charge in [-0.1, -0.05) is 0 Å². The lowest BCUT2D eigenvalue weighted by Gasteiger charge is -2.18. The van der Waals surface area contributed by atoms with E-state index in [0.717, 1.165) is 19.4 Å². The molecule has 2 aliphatic rings. The monoisotopic (exact) mass is 349 g/mol. The second kappa shape index (κ2) is 6.72. The van der Waals surface area contributed by atoms with Crippen LogP contribution in [0.5, 0.6) is 0 Å². The predicted molar refractivity (Wildman–Crippen MR) is 93.4 cm³/mol. The number of fused-ring (bicyclic) bond motifs is 1. The van der Waals surface area contributed by atoms with E-state index >= 15 is 0 Å². The van der Waals surface area contributed by atoms with E-state index in [1.807, 2.05) is 11.5 Å². The molecule has 1 saturated carbocycles. The quantitative estimate of drug-likeness (QED) is 0.585. The first-order valence-electron chi connectivity index (χ1n) is 8.91. The standard InChI is InChI=1S/C16H24FN7O/c1-2-24-8-19-13-14(20-11-6-18-5-10(11)17)22-16(23-15(13)24)21-12(7-25)9-3-4-9/h8-12,18,25H,2-7H2,1H3,(H2,20,21,22,23)/t10-,11-,12+/m1/s1. The van der Waals surface area contributed by atoms with Crippen LogP contribution in [0.4, 0.5) is 16.2 Å². The summed E-state index contributed by atoms with van der Waals surface area (Å²) in [4.78, 5) is 13.5. The highest BCUT2D eigenvalue weighted by Crippen LogP contribution is 2.34. The minimum Gasteiger partial charge on any atom is -0.394 e. The van der Waals surface area contributed by atoms with E-state index in [9.17, 15) is 9.50 Å². The Bertz CT molecular complexity index is 747. The molecule has 0 amide bonds. The molecule has 3 atom stereocenters. The smallest absolute Gasteiger partial charge is 0.227 e. The molecule has 1 saturated heterocycles. The summed E-state index contributed by atoms with van der Waals surface area (Å²) in [5, 5.41) is 19.0. The molecule has 1 aliphatic carbocycles. The Morgan fingerprint density at radius 3 is 2.88 bits per heavy atom. The summed E-state index contributed by atoms with van der Waals surface area (Å²) in [5.74, 6) is 1.44. The summed E-state index contributed by atoms with van der Waals surface area (Å²) in [6.07, 6.45) is 2.97. The fourth-order valence-electron chi connectivity index (χ4n) is 3.28. The summed E-state index contributed by atoms with van der Waals surface area (Å²) in [6.45, 7) is 3.68. The van der Waals surface area contributed by atoms with E-state index in [2.05, 4.69) is 30.9 Å². The molecular weight excluding hydrogens is 325 g/mol. The van der Waals surface area contributed by atoms with Gasteiger partial charge in [-0.2, -0.15) is 9.97 Å². The van der Waals surface area contributed by atoms with Crippen molar-refractivity contribution < 1.29 is 9.50 Å². The second-order valence-corrected chi connectivity index (χ2v) is 6.79. The first kappa shape index (κ1) is 16.5. The molecule has 1 aliphatic heterocycles. The number of alkyl halides is 1. The number of aliphatic hydroxyl groups excluding tert-OH is 1. The number of aryl methyl sites for hydroxylation is 1. The van der Waals surface area contributed by atoms with Crippen molar-refractivity contribution in [2.45, 2.75) is 44.6 Å². The van der Waals surface area contributed by atoms with Gasteiger partial charge in [0.2, 0.25) is 5.95 Å². The van der Waals surface area contributed by atoms with E-state index < -0.39 is 6.17 Å². The number of nitrogens with zero attached hydrogens (tertiary/aromatic N) is 4. The molecule has 0 unspecified atom stereocenters. The Morgan fingerprint density at radius 1 is 1.40 bits per heavy atom. The van der Waals surface area contributed by atoms with E-state index in [0.29, 0.717) is 41.9 Å². The second-order valence-electron chi connectivity index (χ2n) is 6.79. The van der Waals surface area contributed by atoms with Crippen molar-refractivity contribution in [2.75, 3.05) is 30.3 Å². The van der Waals surface area contributed by atoms with Gasteiger partial charge in [0.15, 0.2) is 17.0 Å². The Morgan fingerprint density at radius 2 is 2.24 bits per heavy atom. The van der Waals surface area contributed by atoms with Crippen molar-refractivity contribution in [3.8, 4) is 0 Å². The van der Waals surface area contributed by atoms with Crippen LogP contribution in [0.25, 0.3) is 11.2 Å². The molecule has 9 heteroatoms. The third-order valence-electron chi connectivity index (χ3n) is 4.97. The minimum absolute atomic E-state index is 0.0426. The van der Waals surface area contributed by atoms with Crippen LogP contribution >= 0.6 is 0 Å². The van der Waals surface area contributed by atoms with Gasteiger partial charge in [-0.3, -0.25) is 0 Å². The molecule has 0 aromatic carbocycles. The van der Waals surface area contributed by atoms with Gasteiger partial charge in [0, 0.05) is 19.6 Å². The normalized spacial score (nSPS) is 24.6. The maximum absolute atomic E-state index is 14.0. The van der Waals surface area contributed by atoms with Gasteiger partial charge in [0.25, 0.3) is 0 Å². The van der Waals surface area contributed by atoms with E-state index in [1.165, 1.54) is 0 Å². The van der Waals surface area contributed by atoms with E-state index in [-0.39, 0.29) is 18.7 Å². The Labute approximate surface area is 145 Å². The molecule has 4 N–H and O–H groups in total. The number of anilines is 2. The number of hydrogen-bond donors (Lipinski definition) is 4. The molecule has 2 aromatic heterocycles. The molecule has 2 aromatic rings. The molecule has 0 spiro atoms. The lowest BCUT2D eigenvalue weighted by Crippen LogP contribution is -2.31. The zero-order valence-electron chi connectivity index (χ0n) is 14.2. The molecule has 8 nitrogen and oxygen atoms in total. The van der Waals surface area contributed by atoms with Crippen LogP contribution < -0.4 is 16.0 Å². The Kier molecular flexibility index (Phi) is 4.43. The number of aromatic nitrogens is 4. The lowest BCUT2D eigenvalue weighted by atomic mass is 10.2. The number of hydrogen-bond acceptors (Lipinski definition) is 7. The predicted octanol–water partition coefficient (Wildman–Crippen LogP) is 0.751. The average molecular weight is 349 g/mol. The SMILES string of the molecule is CCn1cnc2c(N[C@@H]3CNC[C@H]3F)nc(N[C@@H](CO)C3CC3)nc21. The molecular formula is C16H24FN7O. The zero-order chi connectivity index (χ0) is 17.4. The molecule has 0 radical (unpaired) electrons. The highest BCUT2D eigenvalue weighted by molar-refractivity contribution is 5.84. The summed E-state index contributed by atoms with van der Waals surface area (Å²) in [7, 11) is 0. The number of nitrogens with one attached hydrogen (secondary N) is 3. The van der Waals surface area contributed by atoms with Gasteiger partial charge in [-0.15, -0.1) is 0 Å². The fourth-order valence-corrected chi connectivity index (χ4v) is 3.28. The molecule has 2 fully saturated rings. The van der Waals surface area contributed by atoms with E-state index in [1.54, 1.807) is 6.33 Å². The Balaban J connectivity index is 1.67. The first-order chi connectivity index (χ1) is 12.2. The van der Waals surface area contributed by atoms with Gasteiger partial charge < -0.3 is 25.6 Å². The third kappa shape index (κ3) is 3.25. The molecule has 3 heterocycles. The van der Waals surface area contributed by atoms with Crippen LogP contribution in [0.3, 0.4) is 0 Å². The number of imidazole rings is 1. The molecule has 4 rings (SSSR count). The lowest BCUT2D eigenvalue weighted by molar-refractivity contribution is 0.263. The van der Waals surface area contributed by atoms with Crippen LogP contribution in [-0.4, -0.2) is 62.6 Å². The molecule has 136 valence electrons. The van der Waals surface area contributed by atoms with Gasteiger partial charge in [-0.05, 0) is 25.7 Å². The van der Waals surface area contributed by atoms with Crippen molar-refractivity contribution in [1.29, 1.82) is 0 Å². The van der Waals surface area contributed by atoms with Crippen molar-refractivity contribution in [3.05, 3.63) is 6.33 Å². The molecule has 25 heavy (non-hydrogen) atoms. The largest absolute Gasteiger partial charge is 0.394 e. The number of halogens is 1. The highest BCUT2D eigenvalue weighted by atomic mass is 19.1. The molecule has 0 bridgehead atoms. The zero-order valence-corrected chi connectivity index (χ0v) is 14.2. The highest BCUT2D eigenvalue weighted by Gasteiger charge is 2.32.